The summed E-state index contributed by atoms with van der Waals surface area (Å²) in [5.41, 5.74) is 21.6. The van der Waals surface area contributed by atoms with Crippen molar-refractivity contribution in [2.24, 2.45) is 0 Å². The molecule has 80 heavy (non-hydrogen) atoms. The molecule has 0 heteroatoms. The molecule has 0 bridgehead atoms. The molecule has 0 radical (unpaired) electrons. The molecule has 0 heterocycles. The fourth-order valence-corrected chi connectivity index (χ4v) is 14.1. The highest BCUT2D eigenvalue weighted by molar-refractivity contribution is 6.15. The van der Waals surface area contributed by atoms with Gasteiger partial charge in [-0.05, 0) is 151 Å². The van der Waals surface area contributed by atoms with Crippen LogP contribution in [0.1, 0.15) is 301 Å². The first-order chi connectivity index (χ1) is 38.8. The number of hydrogen-bond donors (Lipinski definition) is 0. The minimum Gasteiger partial charge on any atom is -0.0654 e. The van der Waals surface area contributed by atoms with E-state index >= 15 is 0 Å². The smallest absolute Gasteiger partial charge is 0.0654 e. The van der Waals surface area contributed by atoms with Crippen molar-refractivity contribution in [1.82, 2.24) is 0 Å². The summed E-state index contributed by atoms with van der Waals surface area (Å²) in [5, 5.41) is 0. The number of fused-ring (bicyclic) bond motifs is 4. The number of allylic oxidation sites excluding steroid dienone is 2. The van der Waals surface area contributed by atoms with Crippen molar-refractivity contribution < 1.29 is 0 Å². The maximum atomic E-state index is 2.67. The van der Waals surface area contributed by atoms with E-state index in [-0.39, 0.29) is 10.8 Å². The van der Waals surface area contributed by atoms with Gasteiger partial charge in [-0.3, -0.25) is 0 Å². The zero-order chi connectivity index (χ0) is 56.6. The van der Waals surface area contributed by atoms with Crippen molar-refractivity contribution in [2.45, 2.75) is 271 Å². The molecular formula is C80H108. The van der Waals surface area contributed by atoms with Gasteiger partial charge in [0.15, 0.2) is 0 Å². The highest BCUT2D eigenvalue weighted by Crippen LogP contribution is 2.70. The first-order valence-corrected chi connectivity index (χ1v) is 33.3. The van der Waals surface area contributed by atoms with Gasteiger partial charge in [0.2, 0.25) is 0 Å². The summed E-state index contributed by atoms with van der Waals surface area (Å²) < 4.78 is 0. The second kappa shape index (κ2) is 28.8. The summed E-state index contributed by atoms with van der Waals surface area (Å²) in [6.45, 7) is 23.7. The van der Waals surface area contributed by atoms with E-state index in [4.69, 9.17) is 0 Å². The fourth-order valence-electron chi connectivity index (χ4n) is 14.1. The fraction of sp³-hybridized carbons (Fsp3) is 0.525. The van der Waals surface area contributed by atoms with E-state index in [9.17, 15) is 0 Å². The maximum Gasteiger partial charge on any atom is 0.0716 e. The average Bonchev–Trinajstić information content (AvgIpc) is 3.94. The molecule has 428 valence electrons. The average molecular weight is 1070 g/mol. The van der Waals surface area contributed by atoms with Crippen LogP contribution in [-0.2, 0) is 47.3 Å². The Morgan fingerprint density at radius 2 is 0.487 bits per heavy atom. The monoisotopic (exact) mass is 1070 g/mol. The van der Waals surface area contributed by atoms with Crippen molar-refractivity contribution in [3.8, 4) is 0 Å². The van der Waals surface area contributed by atoms with Crippen molar-refractivity contribution in [3.63, 3.8) is 0 Å². The van der Waals surface area contributed by atoms with Crippen molar-refractivity contribution in [3.05, 3.63) is 211 Å². The molecule has 6 aromatic rings. The van der Waals surface area contributed by atoms with Crippen LogP contribution in [0.15, 0.2) is 133 Å². The van der Waals surface area contributed by atoms with Crippen LogP contribution in [0.2, 0.25) is 0 Å². The molecule has 0 aliphatic heterocycles. The third kappa shape index (κ3) is 13.9. The quantitative estimate of drug-likeness (QED) is 0.0369. The molecule has 0 N–H and O–H groups in total. The van der Waals surface area contributed by atoms with Gasteiger partial charge in [-0.1, -0.05) is 331 Å². The summed E-state index contributed by atoms with van der Waals surface area (Å²) >= 11 is 0. The van der Waals surface area contributed by atoms with Crippen LogP contribution in [0, 0.1) is 0 Å². The van der Waals surface area contributed by atoms with Crippen LogP contribution in [-0.4, -0.2) is 0 Å². The molecule has 0 fully saturated rings. The second-order valence-corrected chi connectivity index (χ2v) is 27.1. The Bertz CT molecular complexity index is 2530. The zero-order valence-electron chi connectivity index (χ0n) is 52.5. The Hall–Kier alpha value is -4.94. The molecule has 0 atom stereocenters. The Balaban J connectivity index is 1.38. The third-order valence-electron chi connectivity index (χ3n) is 18.9. The molecule has 6 aromatic carbocycles. The van der Waals surface area contributed by atoms with E-state index in [0.29, 0.717) is 0 Å². The van der Waals surface area contributed by atoms with Gasteiger partial charge in [-0.2, -0.15) is 0 Å². The minimum atomic E-state index is -0.571. The molecule has 0 amide bonds. The lowest BCUT2D eigenvalue weighted by Gasteiger charge is -2.39. The van der Waals surface area contributed by atoms with E-state index in [0.717, 1.165) is 25.7 Å². The number of benzene rings is 6. The van der Waals surface area contributed by atoms with Gasteiger partial charge in [0.25, 0.3) is 0 Å². The molecule has 8 rings (SSSR count). The first-order valence-electron chi connectivity index (χ1n) is 33.3. The van der Waals surface area contributed by atoms with E-state index in [2.05, 4.69) is 203 Å². The Kier molecular flexibility index (Phi) is 22.0. The molecular weight excluding hydrogens is 961 g/mol. The van der Waals surface area contributed by atoms with Gasteiger partial charge in [0.05, 0.1) is 10.8 Å². The largest absolute Gasteiger partial charge is 0.0716 e. The summed E-state index contributed by atoms with van der Waals surface area (Å²) in [6.07, 6.45) is 36.2. The van der Waals surface area contributed by atoms with Crippen molar-refractivity contribution >= 4 is 11.1 Å². The van der Waals surface area contributed by atoms with Crippen LogP contribution in [0.4, 0.5) is 0 Å². The summed E-state index contributed by atoms with van der Waals surface area (Å²) in [4.78, 5) is 0. The second-order valence-electron chi connectivity index (χ2n) is 27.1. The predicted molar refractivity (Wildman–Crippen MR) is 351 cm³/mol. The Morgan fingerprint density at radius 1 is 0.263 bits per heavy atom. The van der Waals surface area contributed by atoms with Crippen LogP contribution in [0.3, 0.4) is 0 Å². The standard InChI is InChI=1S/C80H108/c1-11-15-19-23-27-31-35-61-39-47-65(48-40-61)79(66-49-41-62(42-50-66)36-32-28-24-20-16-12-2)73-59-69(77(5,6)7)55-57-71(73)76-75(79)72-58-56-70(78(8,9)10)60-74(72)80(76,67-51-43-63(44-52-67)37-33-29-25-21-17-13-3)68-53-45-64(46-54-68)38-34-30-26-22-18-14-4/h39-60H,11-38H2,1-10H3. The van der Waals surface area contributed by atoms with Gasteiger partial charge in [-0.15, -0.1) is 0 Å². The molecule has 2 aliphatic carbocycles. The van der Waals surface area contributed by atoms with Crippen LogP contribution >= 0.6 is 0 Å². The van der Waals surface area contributed by atoms with Gasteiger partial charge in [-0.25, -0.2) is 0 Å². The summed E-state index contributed by atoms with van der Waals surface area (Å²) in [5.74, 6) is 0. The van der Waals surface area contributed by atoms with Crippen molar-refractivity contribution in [1.29, 1.82) is 0 Å². The summed E-state index contributed by atoms with van der Waals surface area (Å²) in [6, 6.07) is 56.1. The summed E-state index contributed by atoms with van der Waals surface area (Å²) in [7, 11) is 0. The molecule has 0 saturated heterocycles. The normalized spacial score (nSPS) is 14.4. The molecule has 0 aromatic heterocycles. The SMILES string of the molecule is CCCCCCCCc1ccc(C2(c3ccc(CCCCCCCC)cc3)C3=C(c4ccc(C(C)(C)C)cc42)C(c2ccc(CCCCCCCC)cc2)(c2ccc(CCCCCCCC)cc2)c2cc(C(C)(C)C)ccc23)cc1. The lowest BCUT2D eigenvalue weighted by atomic mass is 9.63. The Morgan fingerprint density at radius 3 is 0.713 bits per heavy atom. The lowest BCUT2D eigenvalue weighted by Crippen LogP contribution is -2.31. The van der Waals surface area contributed by atoms with Gasteiger partial charge < -0.3 is 0 Å². The highest BCUT2D eigenvalue weighted by Gasteiger charge is 2.59. The van der Waals surface area contributed by atoms with Crippen LogP contribution in [0.5, 0.6) is 0 Å². The molecule has 0 spiro atoms. The minimum absolute atomic E-state index is 0.0377. The zero-order valence-corrected chi connectivity index (χ0v) is 52.5. The molecule has 0 saturated carbocycles. The van der Waals surface area contributed by atoms with Gasteiger partial charge in [0.1, 0.15) is 0 Å². The van der Waals surface area contributed by atoms with Gasteiger partial charge >= 0.3 is 0 Å². The van der Waals surface area contributed by atoms with E-state index in [1.54, 1.807) is 0 Å². The van der Waals surface area contributed by atoms with Crippen LogP contribution in [0.25, 0.3) is 11.1 Å². The first kappa shape index (κ1) is 61.1. The van der Waals surface area contributed by atoms with E-state index in [1.807, 2.05) is 0 Å². The number of rotatable bonds is 32. The number of aryl methyl sites for hydroxylation is 4. The number of hydrogen-bond acceptors (Lipinski definition) is 0. The predicted octanol–water partition coefficient (Wildman–Crippen LogP) is 23.5. The molecule has 0 nitrogen and oxygen atoms in total. The molecule has 0 unspecified atom stereocenters. The van der Waals surface area contributed by atoms with E-state index in [1.165, 1.54) is 243 Å². The maximum absolute atomic E-state index is 2.67. The van der Waals surface area contributed by atoms with Crippen molar-refractivity contribution in [2.75, 3.05) is 0 Å². The Labute approximate surface area is 490 Å². The van der Waals surface area contributed by atoms with E-state index < -0.39 is 10.8 Å². The van der Waals surface area contributed by atoms with Crippen LogP contribution < -0.4 is 0 Å². The lowest BCUT2D eigenvalue weighted by molar-refractivity contribution is 0.587. The molecule has 2 aliphatic rings. The third-order valence-corrected chi connectivity index (χ3v) is 18.9. The highest BCUT2D eigenvalue weighted by atomic mass is 14.6. The topological polar surface area (TPSA) is 0 Å². The number of unbranched alkanes of at least 4 members (excludes halogenated alkanes) is 20. The van der Waals surface area contributed by atoms with Gasteiger partial charge in [0, 0.05) is 0 Å².